The van der Waals surface area contributed by atoms with E-state index in [4.69, 9.17) is 4.74 Å². The molecule has 1 rings (SSSR count). The SMILES string of the molecule is CNC(=O)COc1ccc(C)cc1[C@H](C)O. The van der Waals surface area contributed by atoms with Crippen LogP contribution in [0.15, 0.2) is 18.2 Å². The highest BCUT2D eigenvalue weighted by molar-refractivity contribution is 5.77. The van der Waals surface area contributed by atoms with Crippen LogP contribution in [0, 0.1) is 6.92 Å². The zero-order valence-electron chi connectivity index (χ0n) is 9.78. The van der Waals surface area contributed by atoms with Crippen LogP contribution in [0.5, 0.6) is 5.75 Å². The molecule has 4 heteroatoms. The average Bonchev–Trinajstić information content (AvgIpc) is 2.26. The second-order valence-electron chi connectivity index (χ2n) is 3.68. The molecule has 0 spiro atoms. The number of likely N-dealkylation sites (N-methyl/N-ethyl adjacent to an activating group) is 1. The van der Waals surface area contributed by atoms with E-state index in [1.807, 2.05) is 19.1 Å². The van der Waals surface area contributed by atoms with Crippen LogP contribution < -0.4 is 10.1 Å². The molecule has 0 aromatic heterocycles. The Morgan fingerprint density at radius 1 is 1.56 bits per heavy atom. The lowest BCUT2D eigenvalue weighted by Crippen LogP contribution is -2.25. The van der Waals surface area contributed by atoms with Crippen LogP contribution in [0.25, 0.3) is 0 Å². The maximum absolute atomic E-state index is 11.0. The van der Waals surface area contributed by atoms with Gasteiger partial charge in [-0.15, -0.1) is 0 Å². The number of aryl methyl sites for hydroxylation is 1. The van der Waals surface area contributed by atoms with E-state index in [0.29, 0.717) is 11.3 Å². The average molecular weight is 223 g/mol. The number of nitrogens with one attached hydrogen (secondary N) is 1. The molecule has 16 heavy (non-hydrogen) atoms. The first-order chi connectivity index (χ1) is 7.54. The largest absolute Gasteiger partial charge is 0.483 e. The minimum Gasteiger partial charge on any atom is -0.483 e. The fraction of sp³-hybridized carbons (Fsp3) is 0.417. The second kappa shape index (κ2) is 5.51. The lowest BCUT2D eigenvalue weighted by molar-refractivity contribution is -0.122. The zero-order valence-corrected chi connectivity index (χ0v) is 9.78. The van der Waals surface area contributed by atoms with E-state index >= 15 is 0 Å². The van der Waals surface area contributed by atoms with E-state index in [1.54, 1.807) is 20.0 Å². The summed E-state index contributed by atoms with van der Waals surface area (Å²) < 4.78 is 5.33. The lowest BCUT2D eigenvalue weighted by Gasteiger charge is -2.13. The number of hydrogen-bond acceptors (Lipinski definition) is 3. The Morgan fingerprint density at radius 2 is 2.25 bits per heavy atom. The van der Waals surface area contributed by atoms with Crippen LogP contribution in [0.1, 0.15) is 24.2 Å². The molecule has 0 saturated heterocycles. The summed E-state index contributed by atoms with van der Waals surface area (Å²) in [5, 5.41) is 12.0. The normalized spacial score (nSPS) is 12.0. The van der Waals surface area contributed by atoms with Gasteiger partial charge < -0.3 is 15.2 Å². The van der Waals surface area contributed by atoms with Gasteiger partial charge in [-0.3, -0.25) is 4.79 Å². The molecule has 0 aliphatic rings. The summed E-state index contributed by atoms with van der Waals surface area (Å²) in [5.74, 6) is 0.348. The van der Waals surface area contributed by atoms with Crippen molar-refractivity contribution in [1.82, 2.24) is 5.32 Å². The number of amides is 1. The first kappa shape index (κ1) is 12.5. The number of carbonyl (C=O) groups is 1. The fourth-order valence-corrected chi connectivity index (χ4v) is 1.34. The number of aliphatic hydroxyl groups is 1. The number of rotatable bonds is 4. The van der Waals surface area contributed by atoms with Gasteiger partial charge in [0.15, 0.2) is 6.61 Å². The van der Waals surface area contributed by atoms with E-state index in [-0.39, 0.29) is 12.5 Å². The number of ether oxygens (including phenoxy) is 1. The summed E-state index contributed by atoms with van der Waals surface area (Å²) in [7, 11) is 1.55. The lowest BCUT2D eigenvalue weighted by atomic mass is 10.1. The van der Waals surface area contributed by atoms with Crippen LogP contribution >= 0.6 is 0 Å². The van der Waals surface area contributed by atoms with Crippen molar-refractivity contribution in [3.63, 3.8) is 0 Å². The summed E-state index contributed by atoms with van der Waals surface area (Å²) in [5.41, 5.74) is 1.74. The highest BCUT2D eigenvalue weighted by atomic mass is 16.5. The minimum atomic E-state index is -0.611. The third-order valence-corrected chi connectivity index (χ3v) is 2.25. The van der Waals surface area contributed by atoms with Crippen molar-refractivity contribution in [3.8, 4) is 5.75 Å². The number of benzene rings is 1. The van der Waals surface area contributed by atoms with Gasteiger partial charge >= 0.3 is 0 Å². The molecule has 1 amide bonds. The van der Waals surface area contributed by atoms with Crippen LogP contribution in [-0.4, -0.2) is 24.7 Å². The van der Waals surface area contributed by atoms with Crippen LogP contribution in [-0.2, 0) is 4.79 Å². The van der Waals surface area contributed by atoms with Gasteiger partial charge in [-0.2, -0.15) is 0 Å². The molecule has 0 aliphatic heterocycles. The Kier molecular flexibility index (Phi) is 4.31. The maximum atomic E-state index is 11.0. The second-order valence-corrected chi connectivity index (χ2v) is 3.68. The van der Waals surface area contributed by atoms with Crippen molar-refractivity contribution in [3.05, 3.63) is 29.3 Å². The van der Waals surface area contributed by atoms with Gasteiger partial charge in [0.2, 0.25) is 0 Å². The Hall–Kier alpha value is -1.55. The summed E-state index contributed by atoms with van der Waals surface area (Å²) >= 11 is 0. The fourth-order valence-electron chi connectivity index (χ4n) is 1.34. The molecule has 0 fully saturated rings. The first-order valence-corrected chi connectivity index (χ1v) is 5.16. The topological polar surface area (TPSA) is 58.6 Å². The predicted octanol–water partition coefficient (Wildman–Crippen LogP) is 1.17. The van der Waals surface area contributed by atoms with E-state index in [1.165, 1.54) is 0 Å². The van der Waals surface area contributed by atoms with Crippen LogP contribution in [0.3, 0.4) is 0 Å². The molecule has 0 radical (unpaired) electrons. The number of hydrogen-bond donors (Lipinski definition) is 2. The number of aliphatic hydroxyl groups excluding tert-OH is 1. The van der Waals surface area contributed by atoms with Crippen molar-refractivity contribution in [2.45, 2.75) is 20.0 Å². The first-order valence-electron chi connectivity index (χ1n) is 5.16. The summed E-state index contributed by atoms with van der Waals surface area (Å²) in [6.07, 6.45) is -0.611. The van der Waals surface area contributed by atoms with Crippen LogP contribution in [0.4, 0.5) is 0 Å². The Labute approximate surface area is 95.2 Å². The molecule has 0 heterocycles. The van der Waals surface area contributed by atoms with Gasteiger partial charge in [0.05, 0.1) is 6.10 Å². The van der Waals surface area contributed by atoms with Gasteiger partial charge in [0.1, 0.15) is 5.75 Å². The molecule has 1 aromatic carbocycles. The van der Waals surface area contributed by atoms with E-state index in [0.717, 1.165) is 5.56 Å². The maximum Gasteiger partial charge on any atom is 0.257 e. The third-order valence-electron chi connectivity index (χ3n) is 2.25. The van der Waals surface area contributed by atoms with E-state index < -0.39 is 6.10 Å². The summed E-state index contributed by atoms with van der Waals surface area (Å²) in [6.45, 7) is 3.56. The smallest absolute Gasteiger partial charge is 0.257 e. The Balaban J connectivity index is 2.82. The highest BCUT2D eigenvalue weighted by Crippen LogP contribution is 2.26. The Morgan fingerprint density at radius 3 is 2.81 bits per heavy atom. The van der Waals surface area contributed by atoms with Crippen molar-refractivity contribution in [2.24, 2.45) is 0 Å². The molecular weight excluding hydrogens is 206 g/mol. The molecule has 0 saturated carbocycles. The number of carbonyl (C=O) groups excluding carboxylic acids is 1. The predicted molar refractivity (Wildman–Crippen MR) is 61.4 cm³/mol. The third kappa shape index (κ3) is 3.24. The molecule has 0 bridgehead atoms. The van der Waals surface area contributed by atoms with Gasteiger partial charge in [-0.1, -0.05) is 11.6 Å². The van der Waals surface area contributed by atoms with Crippen molar-refractivity contribution < 1.29 is 14.6 Å². The van der Waals surface area contributed by atoms with Crippen molar-refractivity contribution >= 4 is 5.91 Å². The molecule has 4 nitrogen and oxygen atoms in total. The van der Waals surface area contributed by atoms with Gasteiger partial charge in [0.25, 0.3) is 5.91 Å². The molecule has 1 aromatic rings. The highest BCUT2D eigenvalue weighted by Gasteiger charge is 2.10. The minimum absolute atomic E-state index is 0.0424. The molecule has 0 aliphatic carbocycles. The van der Waals surface area contributed by atoms with Gasteiger partial charge in [-0.05, 0) is 26.0 Å². The van der Waals surface area contributed by atoms with Crippen LogP contribution in [0.2, 0.25) is 0 Å². The molecule has 0 unspecified atom stereocenters. The van der Waals surface area contributed by atoms with Gasteiger partial charge in [-0.25, -0.2) is 0 Å². The molecule has 1 atom stereocenters. The quantitative estimate of drug-likeness (QED) is 0.805. The van der Waals surface area contributed by atoms with E-state index in [2.05, 4.69) is 5.32 Å². The molecule has 2 N–H and O–H groups in total. The van der Waals surface area contributed by atoms with Gasteiger partial charge in [0, 0.05) is 12.6 Å². The van der Waals surface area contributed by atoms with Crippen molar-refractivity contribution in [1.29, 1.82) is 0 Å². The Bertz CT molecular complexity index is 375. The summed E-state index contributed by atoms with van der Waals surface area (Å²) in [4.78, 5) is 11.0. The zero-order chi connectivity index (χ0) is 12.1. The monoisotopic (exact) mass is 223 g/mol. The van der Waals surface area contributed by atoms with Crippen molar-refractivity contribution in [2.75, 3.05) is 13.7 Å². The summed E-state index contributed by atoms with van der Waals surface area (Å²) in [6, 6.07) is 5.50. The molecule has 88 valence electrons. The standard InChI is InChI=1S/C12H17NO3/c1-8-4-5-11(10(6-8)9(2)14)16-7-12(15)13-3/h4-6,9,14H,7H2,1-3H3,(H,13,15)/t9-/m0/s1. The van der Waals surface area contributed by atoms with E-state index in [9.17, 15) is 9.90 Å². The molecular formula is C12H17NO3.